The van der Waals surface area contributed by atoms with E-state index in [9.17, 15) is 0 Å². The molecular weight excluding hydrogens is 302 g/mol. The minimum absolute atomic E-state index is 0.699. The number of halogens is 1. The molecule has 0 spiro atoms. The first-order valence-electron chi connectivity index (χ1n) is 7.54. The van der Waals surface area contributed by atoms with Crippen LogP contribution in [0.4, 0.5) is 0 Å². The number of aryl methyl sites for hydroxylation is 2. The summed E-state index contributed by atoms with van der Waals surface area (Å²) >= 11 is 3.72. The lowest BCUT2D eigenvalue weighted by molar-refractivity contribution is 0.390. The van der Waals surface area contributed by atoms with Crippen LogP contribution in [-0.4, -0.2) is 22.9 Å². The third-order valence-electron chi connectivity index (χ3n) is 4.38. The van der Waals surface area contributed by atoms with Crippen LogP contribution in [0.2, 0.25) is 0 Å². The summed E-state index contributed by atoms with van der Waals surface area (Å²) in [5.74, 6) is 0.789. The average Bonchev–Trinajstić information content (AvgIpc) is 2.61. The Morgan fingerprint density at radius 3 is 2.79 bits per heavy atom. The van der Waals surface area contributed by atoms with E-state index in [1.54, 1.807) is 0 Å². The van der Waals surface area contributed by atoms with Gasteiger partial charge in [-0.2, -0.15) is 5.10 Å². The molecule has 1 aromatic rings. The molecule has 1 N–H and O–H groups in total. The Bertz CT molecular complexity index is 414. The van der Waals surface area contributed by atoms with Crippen LogP contribution in [-0.2, 0) is 13.0 Å². The van der Waals surface area contributed by atoms with Gasteiger partial charge >= 0.3 is 0 Å². The molecule has 0 saturated heterocycles. The normalized spacial score (nSPS) is 24.4. The number of nitrogens with one attached hydrogen (secondary N) is 1. The van der Waals surface area contributed by atoms with E-state index < -0.39 is 0 Å². The Balaban J connectivity index is 2.11. The Hall–Kier alpha value is -0.350. The Morgan fingerprint density at radius 2 is 2.11 bits per heavy atom. The van der Waals surface area contributed by atoms with Crippen LogP contribution in [0.15, 0.2) is 4.47 Å². The summed E-state index contributed by atoms with van der Waals surface area (Å²) in [7, 11) is 2.10. The maximum atomic E-state index is 4.61. The van der Waals surface area contributed by atoms with E-state index >= 15 is 0 Å². The lowest BCUT2D eigenvalue weighted by Gasteiger charge is -2.20. The molecule has 3 nitrogen and oxygen atoms in total. The molecule has 2 atom stereocenters. The van der Waals surface area contributed by atoms with Crippen LogP contribution in [0.3, 0.4) is 0 Å². The van der Waals surface area contributed by atoms with Gasteiger partial charge in [-0.25, -0.2) is 0 Å². The van der Waals surface area contributed by atoms with Crippen molar-refractivity contribution in [3.63, 3.8) is 0 Å². The summed E-state index contributed by atoms with van der Waals surface area (Å²) in [6, 6.07) is 0.699. The van der Waals surface area contributed by atoms with Gasteiger partial charge in [0.05, 0.1) is 15.9 Å². The summed E-state index contributed by atoms with van der Waals surface area (Å²) in [5, 5.41) is 8.08. The zero-order valence-electron chi connectivity index (χ0n) is 12.4. The summed E-state index contributed by atoms with van der Waals surface area (Å²) < 4.78 is 3.39. The zero-order valence-corrected chi connectivity index (χ0v) is 14.0. The van der Waals surface area contributed by atoms with Gasteiger partial charge in [0.15, 0.2) is 0 Å². The van der Waals surface area contributed by atoms with Crippen molar-refractivity contribution < 1.29 is 0 Å². The van der Waals surface area contributed by atoms with Gasteiger partial charge in [0, 0.05) is 12.6 Å². The zero-order chi connectivity index (χ0) is 13.8. The average molecular weight is 328 g/mol. The monoisotopic (exact) mass is 327 g/mol. The van der Waals surface area contributed by atoms with Gasteiger partial charge in [0.25, 0.3) is 0 Å². The molecule has 0 aromatic carbocycles. The molecule has 0 aliphatic heterocycles. The van der Waals surface area contributed by atoms with Crippen molar-refractivity contribution in [3.05, 3.63) is 15.9 Å². The molecule has 0 bridgehead atoms. The van der Waals surface area contributed by atoms with E-state index in [-0.39, 0.29) is 0 Å². The van der Waals surface area contributed by atoms with E-state index in [0.717, 1.165) is 24.6 Å². The second-order valence-corrected chi connectivity index (χ2v) is 6.53. The van der Waals surface area contributed by atoms with Gasteiger partial charge in [0.1, 0.15) is 0 Å². The molecule has 0 radical (unpaired) electrons. The van der Waals surface area contributed by atoms with Crippen molar-refractivity contribution in [3.8, 4) is 0 Å². The van der Waals surface area contributed by atoms with E-state index in [1.807, 2.05) is 0 Å². The number of nitrogens with zero attached hydrogens (tertiary/aromatic N) is 2. The highest BCUT2D eigenvalue weighted by Gasteiger charge is 2.22. The first kappa shape index (κ1) is 15.0. The van der Waals surface area contributed by atoms with Crippen LogP contribution < -0.4 is 5.32 Å². The van der Waals surface area contributed by atoms with Crippen LogP contribution in [0, 0.1) is 12.8 Å². The van der Waals surface area contributed by atoms with Crippen LogP contribution in [0.1, 0.15) is 50.4 Å². The third kappa shape index (κ3) is 3.60. The van der Waals surface area contributed by atoms with E-state index in [2.05, 4.69) is 51.9 Å². The second kappa shape index (κ2) is 6.89. The highest BCUT2D eigenvalue weighted by atomic mass is 79.9. The van der Waals surface area contributed by atoms with E-state index in [4.69, 9.17) is 0 Å². The molecule has 108 valence electrons. The van der Waals surface area contributed by atoms with Gasteiger partial charge in [-0.15, -0.1) is 0 Å². The van der Waals surface area contributed by atoms with Gasteiger partial charge in [0.2, 0.25) is 0 Å². The maximum absolute atomic E-state index is 4.61. The van der Waals surface area contributed by atoms with E-state index in [1.165, 1.54) is 42.3 Å². The molecule has 1 fully saturated rings. The number of hydrogen-bond acceptors (Lipinski definition) is 2. The van der Waals surface area contributed by atoms with Gasteiger partial charge in [-0.05, 0) is 62.0 Å². The number of hydrogen-bond donors (Lipinski definition) is 1. The van der Waals surface area contributed by atoms with Crippen LogP contribution in [0.25, 0.3) is 0 Å². The predicted molar refractivity (Wildman–Crippen MR) is 83.5 cm³/mol. The third-order valence-corrected chi connectivity index (χ3v) is 5.41. The Morgan fingerprint density at radius 1 is 1.37 bits per heavy atom. The van der Waals surface area contributed by atoms with Gasteiger partial charge < -0.3 is 5.32 Å². The minimum Gasteiger partial charge on any atom is -0.317 e. The van der Waals surface area contributed by atoms with Crippen LogP contribution in [0.5, 0.6) is 0 Å². The molecule has 2 unspecified atom stereocenters. The minimum atomic E-state index is 0.699. The van der Waals surface area contributed by atoms with E-state index in [0.29, 0.717) is 6.04 Å². The molecule has 1 heterocycles. The van der Waals surface area contributed by atoms with Gasteiger partial charge in [-0.3, -0.25) is 4.68 Å². The van der Waals surface area contributed by atoms with Crippen LogP contribution >= 0.6 is 15.9 Å². The number of aromatic nitrogens is 2. The largest absolute Gasteiger partial charge is 0.317 e. The molecular formula is C15H26BrN3. The fraction of sp³-hybridized carbons (Fsp3) is 0.800. The second-order valence-electron chi connectivity index (χ2n) is 5.74. The fourth-order valence-corrected chi connectivity index (χ4v) is 3.69. The van der Waals surface area contributed by atoms with Crippen molar-refractivity contribution in [1.82, 2.24) is 15.1 Å². The van der Waals surface area contributed by atoms with Crippen molar-refractivity contribution in [2.45, 2.75) is 65.0 Å². The van der Waals surface area contributed by atoms with Crippen molar-refractivity contribution >= 4 is 15.9 Å². The molecule has 1 aromatic heterocycles. The van der Waals surface area contributed by atoms with Crippen molar-refractivity contribution in [1.29, 1.82) is 0 Å². The van der Waals surface area contributed by atoms with Gasteiger partial charge in [-0.1, -0.05) is 19.3 Å². The summed E-state index contributed by atoms with van der Waals surface area (Å²) in [6.45, 7) is 5.22. The SMILES string of the molecule is CCn1nc(C)c(Br)c1CC1CCCCC(NC)C1. The molecule has 1 saturated carbocycles. The smallest absolute Gasteiger partial charge is 0.0738 e. The maximum Gasteiger partial charge on any atom is 0.0738 e. The summed E-state index contributed by atoms with van der Waals surface area (Å²) in [5.41, 5.74) is 2.51. The van der Waals surface area contributed by atoms with Crippen molar-refractivity contribution in [2.24, 2.45) is 5.92 Å². The molecule has 1 aliphatic rings. The Labute approximate surface area is 125 Å². The quantitative estimate of drug-likeness (QED) is 0.855. The molecule has 1 aliphatic carbocycles. The lowest BCUT2D eigenvalue weighted by Crippen LogP contribution is -2.27. The lowest BCUT2D eigenvalue weighted by atomic mass is 9.93. The molecule has 0 amide bonds. The van der Waals surface area contributed by atoms with Crippen molar-refractivity contribution in [2.75, 3.05) is 7.05 Å². The highest BCUT2D eigenvalue weighted by Crippen LogP contribution is 2.30. The topological polar surface area (TPSA) is 29.9 Å². The predicted octanol–water partition coefficient (Wildman–Crippen LogP) is 3.68. The first-order chi connectivity index (χ1) is 9.15. The Kier molecular flexibility index (Phi) is 5.46. The standard InChI is InChI=1S/C15H26BrN3/c1-4-19-14(15(16)11(2)18-19)10-12-7-5-6-8-13(9-12)17-3/h12-13,17H,4-10H2,1-3H3. The molecule has 4 heteroatoms. The first-order valence-corrected chi connectivity index (χ1v) is 8.34. The summed E-state index contributed by atoms with van der Waals surface area (Å²) in [4.78, 5) is 0. The molecule has 2 rings (SSSR count). The highest BCUT2D eigenvalue weighted by molar-refractivity contribution is 9.10. The number of rotatable bonds is 4. The summed E-state index contributed by atoms with van der Waals surface area (Å²) in [6.07, 6.45) is 7.90. The fourth-order valence-electron chi connectivity index (χ4n) is 3.25. The molecule has 19 heavy (non-hydrogen) atoms.